The Hall–Kier alpha value is -3.36. The predicted octanol–water partition coefficient (Wildman–Crippen LogP) is 5.59. The molecule has 1 aliphatic rings. The fourth-order valence-electron chi connectivity index (χ4n) is 4.34. The Kier molecular flexibility index (Phi) is 5.11. The number of rotatable bonds is 4. The number of nitro benzene ring substituents is 1. The zero-order valence-corrected chi connectivity index (χ0v) is 18.6. The summed E-state index contributed by atoms with van der Waals surface area (Å²) in [6, 6.07) is 13.6. The van der Waals surface area contributed by atoms with Crippen LogP contribution in [0.2, 0.25) is 5.02 Å². The number of fused-ring (bicyclic) bond motifs is 3. The number of aromatic nitrogens is 1. The SMILES string of the molecule is COc1ccc2[nH]c3c(c2c1)CCN(C(=O)c1cccs1)C3c1ccc(Cl)c([N+](=O)[O-])c1. The van der Waals surface area contributed by atoms with E-state index in [1.165, 1.54) is 23.5 Å². The third-order valence-corrected chi connectivity index (χ3v) is 6.99. The highest BCUT2D eigenvalue weighted by atomic mass is 35.5. The maximum atomic E-state index is 13.4. The van der Waals surface area contributed by atoms with Crippen molar-refractivity contribution in [2.75, 3.05) is 13.7 Å². The van der Waals surface area contributed by atoms with Gasteiger partial charge in [-0.2, -0.15) is 0 Å². The van der Waals surface area contributed by atoms with Gasteiger partial charge in [0.15, 0.2) is 0 Å². The van der Waals surface area contributed by atoms with Crippen molar-refractivity contribution in [3.8, 4) is 5.75 Å². The minimum atomic E-state index is -0.511. The molecule has 0 saturated carbocycles. The fraction of sp³-hybridized carbons (Fsp3) is 0.174. The summed E-state index contributed by atoms with van der Waals surface area (Å²) in [6.45, 7) is 0.481. The first-order valence-corrected chi connectivity index (χ1v) is 11.2. The van der Waals surface area contributed by atoms with Crippen molar-refractivity contribution in [1.82, 2.24) is 9.88 Å². The third kappa shape index (κ3) is 3.32. The Labute approximate surface area is 192 Å². The van der Waals surface area contributed by atoms with Crippen molar-refractivity contribution in [2.45, 2.75) is 12.5 Å². The lowest BCUT2D eigenvalue weighted by atomic mass is 9.92. The molecule has 0 aliphatic carbocycles. The first-order chi connectivity index (χ1) is 15.5. The van der Waals surface area contributed by atoms with Gasteiger partial charge in [-0.3, -0.25) is 14.9 Å². The monoisotopic (exact) mass is 467 g/mol. The summed E-state index contributed by atoms with van der Waals surface area (Å²) in [5.74, 6) is 0.638. The third-order valence-electron chi connectivity index (χ3n) is 5.81. The zero-order valence-electron chi connectivity index (χ0n) is 17.0. The van der Waals surface area contributed by atoms with Crippen LogP contribution in [0.15, 0.2) is 53.9 Å². The minimum Gasteiger partial charge on any atom is -0.497 e. The molecule has 2 aromatic heterocycles. The molecule has 0 fully saturated rings. The van der Waals surface area contributed by atoms with E-state index in [0.29, 0.717) is 23.4 Å². The van der Waals surface area contributed by atoms with Crippen molar-refractivity contribution in [2.24, 2.45) is 0 Å². The number of carbonyl (C=O) groups is 1. The van der Waals surface area contributed by atoms with Crippen LogP contribution < -0.4 is 4.74 Å². The number of nitrogens with zero attached hydrogens (tertiary/aromatic N) is 2. The minimum absolute atomic E-state index is 0.0623. The number of methoxy groups -OCH3 is 1. The average Bonchev–Trinajstić information content (AvgIpc) is 3.46. The van der Waals surface area contributed by atoms with Crippen LogP contribution in [0, 0.1) is 10.1 Å². The molecule has 162 valence electrons. The number of nitrogens with one attached hydrogen (secondary N) is 1. The Balaban J connectivity index is 1.71. The van der Waals surface area contributed by atoms with Gasteiger partial charge in [0.1, 0.15) is 10.8 Å². The van der Waals surface area contributed by atoms with Gasteiger partial charge in [0.05, 0.1) is 23.0 Å². The van der Waals surface area contributed by atoms with E-state index < -0.39 is 11.0 Å². The van der Waals surface area contributed by atoms with E-state index in [0.717, 1.165) is 27.9 Å². The van der Waals surface area contributed by atoms with Crippen molar-refractivity contribution in [3.05, 3.63) is 90.7 Å². The van der Waals surface area contributed by atoms with Gasteiger partial charge in [-0.15, -0.1) is 11.3 Å². The summed E-state index contributed by atoms with van der Waals surface area (Å²) in [6.07, 6.45) is 0.659. The largest absolute Gasteiger partial charge is 0.497 e. The summed E-state index contributed by atoms with van der Waals surface area (Å²) in [5, 5.41) is 14.5. The smallest absolute Gasteiger partial charge is 0.288 e. The number of hydrogen-bond donors (Lipinski definition) is 1. The summed E-state index contributed by atoms with van der Waals surface area (Å²) >= 11 is 7.44. The number of carbonyl (C=O) groups excluding carboxylic acids is 1. The molecule has 2 aromatic carbocycles. The number of amides is 1. The van der Waals surface area contributed by atoms with Crippen LogP contribution in [0.1, 0.15) is 32.5 Å². The maximum absolute atomic E-state index is 13.4. The molecule has 32 heavy (non-hydrogen) atoms. The molecule has 4 aromatic rings. The highest BCUT2D eigenvalue weighted by molar-refractivity contribution is 7.12. The number of nitro groups is 1. The molecule has 1 aliphatic heterocycles. The van der Waals surface area contributed by atoms with Crippen LogP contribution in [0.25, 0.3) is 10.9 Å². The predicted molar refractivity (Wildman–Crippen MR) is 124 cm³/mol. The van der Waals surface area contributed by atoms with Crippen LogP contribution in [0.5, 0.6) is 5.75 Å². The second-order valence-electron chi connectivity index (χ2n) is 7.53. The van der Waals surface area contributed by atoms with Crippen LogP contribution in [-0.4, -0.2) is 34.4 Å². The number of aromatic amines is 1. The van der Waals surface area contributed by atoms with Crippen LogP contribution >= 0.6 is 22.9 Å². The molecule has 0 radical (unpaired) electrons. The summed E-state index contributed by atoms with van der Waals surface area (Å²) in [4.78, 5) is 30.3. The van der Waals surface area contributed by atoms with Crippen molar-refractivity contribution < 1.29 is 14.5 Å². The number of hydrogen-bond acceptors (Lipinski definition) is 5. The molecule has 0 saturated heterocycles. The molecular formula is C23H18ClN3O4S. The van der Waals surface area contributed by atoms with Gasteiger partial charge in [-0.1, -0.05) is 23.7 Å². The molecule has 7 nitrogen and oxygen atoms in total. The van der Waals surface area contributed by atoms with Gasteiger partial charge < -0.3 is 14.6 Å². The molecule has 3 heterocycles. The Morgan fingerprint density at radius 1 is 1.28 bits per heavy atom. The summed E-state index contributed by atoms with van der Waals surface area (Å²) in [5.41, 5.74) is 3.30. The summed E-state index contributed by atoms with van der Waals surface area (Å²) in [7, 11) is 1.62. The van der Waals surface area contributed by atoms with Crippen molar-refractivity contribution in [1.29, 1.82) is 0 Å². The van der Waals surface area contributed by atoms with Gasteiger partial charge in [0, 0.05) is 29.2 Å². The molecule has 1 unspecified atom stereocenters. The second-order valence-corrected chi connectivity index (χ2v) is 8.88. The Morgan fingerprint density at radius 3 is 2.84 bits per heavy atom. The molecule has 0 bridgehead atoms. The standard InChI is InChI=1S/C23H18ClN3O4S/c1-31-14-5-7-18-16(12-14)15-8-9-26(23(28)20-3-2-10-32-20)22(21(15)25-18)13-4-6-17(24)19(11-13)27(29)30/h2-7,10-12,22,25H,8-9H2,1H3. The van der Waals surface area contributed by atoms with Crippen LogP contribution in [-0.2, 0) is 6.42 Å². The van der Waals surface area contributed by atoms with Gasteiger partial charge in [-0.25, -0.2) is 0 Å². The Bertz CT molecular complexity index is 1350. The van der Waals surface area contributed by atoms with E-state index in [2.05, 4.69) is 4.98 Å². The Morgan fingerprint density at radius 2 is 2.12 bits per heavy atom. The molecule has 5 rings (SSSR count). The van der Waals surface area contributed by atoms with Gasteiger partial charge in [0.2, 0.25) is 0 Å². The average molecular weight is 468 g/mol. The normalized spacial score (nSPS) is 15.6. The fourth-order valence-corrected chi connectivity index (χ4v) is 5.21. The lowest BCUT2D eigenvalue weighted by Crippen LogP contribution is -2.40. The van der Waals surface area contributed by atoms with Gasteiger partial charge >= 0.3 is 0 Å². The molecule has 1 amide bonds. The number of halogens is 1. The molecular weight excluding hydrogens is 450 g/mol. The molecule has 0 spiro atoms. The maximum Gasteiger partial charge on any atom is 0.288 e. The highest BCUT2D eigenvalue weighted by Gasteiger charge is 2.36. The van der Waals surface area contributed by atoms with Crippen LogP contribution in [0.3, 0.4) is 0 Å². The number of ether oxygens (including phenoxy) is 1. The zero-order chi connectivity index (χ0) is 22.4. The van der Waals surface area contributed by atoms with E-state index in [-0.39, 0.29) is 16.6 Å². The first-order valence-electron chi connectivity index (χ1n) is 9.94. The van der Waals surface area contributed by atoms with Crippen LogP contribution in [0.4, 0.5) is 5.69 Å². The van der Waals surface area contributed by atoms with E-state index in [1.54, 1.807) is 24.1 Å². The lowest BCUT2D eigenvalue weighted by molar-refractivity contribution is -0.384. The summed E-state index contributed by atoms with van der Waals surface area (Å²) < 4.78 is 5.39. The molecule has 1 N–H and O–H groups in total. The molecule has 9 heteroatoms. The molecule has 1 atom stereocenters. The second kappa shape index (κ2) is 7.96. The topological polar surface area (TPSA) is 88.5 Å². The van der Waals surface area contributed by atoms with E-state index >= 15 is 0 Å². The quantitative estimate of drug-likeness (QED) is 0.313. The van der Waals surface area contributed by atoms with Gasteiger partial charge in [0.25, 0.3) is 11.6 Å². The van der Waals surface area contributed by atoms with E-state index in [1.807, 2.05) is 29.6 Å². The van der Waals surface area contributed by atoms with Crippen molar-refractivity contribution >= 4 is 45.4 Å². The highest BCUT2D eigenvalue weighted by Crippen LogP contribution is 2.41. The number of H-pyrrole nitrogens is 1. The van der Waals surface area contributed by atoms with Gasteiger partial charge in [-0.05, 0) is 53.3 Å². The van der Waals surface area contributed by atoms with E-state index in [9.17, 15) is 14.9 Å². The lowest BCUT2D eigenvalue weighted by Gasteiger charge is -2.36. The number of benzene rings is 2. The van der Waals surface area contributed by atoms with Crippen molar-refractivity contribution in [3.63, 3.8) is 0 Å². The first kappa shape index (κ1) is 20.5. The number of thiophene rings is 1. The van der Waals surface area contributed by atoms with E-state index in [4.69, 9.17) is 16.3 Å².